The Labute approximate surface area is 383 Å². The van der Waals surface area contributed by atoms with E-state index in [4.69, 9.17) is 0 Å². The third-order valence-corrected chi connectivity index (χ3v) is 14.8. The van der Waals surface area contributed by atoms with Gasteiger partial charge in [0.15, 0.2) is 0 Å². The molecule has 0 amide bonds. The molecule has 1 nitrogen and oxygen atoms in total. The second kappa shape index (κ2) is 14.3. The van der Waals surface area contributed by atoms with Gasteiger partial charge in [0.1, 0.15) is 0 Å². The van der Waals surface area contributed by atoms with Crippen LogP contribution < -0.4 is 0 Å². The number of nitrogens with zero attached hydrogens (tertiary/aromatic N) is 1. The van der Waals surface area contributed by atoms with E-state index < -0.39 is 0 Å². The van der Waals surface area contributed by atoms with Crippen LogP contribution in [0.4, 0.5) is 0 Å². The molecule has 0 bridgehead atoms. The van der Waals surface area contributed by atoms with Crippen molar-refractivity contribution in [1.29, 1.82) is 0 Å². The number of rotatable bonds is 4. The van der Waals surface area contributed by atoms with E-state index in [0.29, 0.717) is 0 Å². The molecule has 0 saturated heterocycles. The minimum Gasteiger partial charge on any atom is -0.313 e. The summed E-state index contributed by atoms with van der Waals surface area (Å²) in [7, 11) is 0. The van der Waals surface area contributed by atoms with Crippen LogP contribution in [0.3, 0.4) is 0 Å². The lowest BCUT2D eigenvalue weighted by molar-refractivity contribution is 0.593. The van der Waals surface area contributed by atoms with Crippen molar-refractivity contribution in [3.63, 3.8) is 0 Å². The average Bonchev–Trinajstić information content (AvgIpc) is 3.56. The fraction of sp³-hybridized carbons (Fsp3) is 0.188. The average molecular weight is 838 g/mol. The molecule has 0 N–H and O–H groups in total. The predicted molar refractivity (Wildman–Crippen MR) is 281 cm³/mol. The van der Waals surface area contributed by atoms with Crippen LogP contribution in [-0.4, -0.2) is 4.57 Å². The van der Waals surface area contributed by atoms with Crippen molar-refractivity contribution in [1.82, 2.24) is 4.57 Å². The monoisotopic (exact) mass is 837 g/mol. The molecule has 2 aliphatic carbocycles. The van der Waals surface area contributed by atoms with Crippen LogP contribution in [0.1, 0.15) is 92.6 Å². The molecular formula is C64H55N. The number of benzene rings is 9. The highest BCUT2D eigenvalue weighted by Gasteiger charge is 2.31. The molecule has 2 aliphatic rings. The Balaban J connectivity index is 1.09. The Morgan fingerprint density at radius 2 is 1.08 bits per heavy atom. The Bertz CT molecular complexity index is 3710. The first-order valence-corrected chi connectivity index (χ1v) is 23.5. The zero-order valence-electron chi connectivity index (χ0n) is 38.9. The summed E-state index contributed by atoms with van der Waals surface area (Å²) in [6, 6.07) is 57.3. The van der Waals surface area contributed by atoms with Gasteiger partial charge in [-0.15, -0.1) is 0 Å². The topological polar surface area (TPSA) is 4.93 Å². The lowest BCUT2D eigenvalue weighted by Gasteiger charge is -2.31. The van der Waals surface area contributed by atoms with Crippen molar-refractivity contribution in [2.75, 3.05) is 0 Å². The van der Waals surface area contributed by atoms with Gasteiger partial charge in [0.2, 0.25) is 0 Å². The second-order valence-corrected chi connectivity index (χ2v) is 20.8. The summed E-state index contributed by atoms with van der Waals surface area (Å²) in [5.74, 6) is 0. The van der Waals surface area contributed by atoms with Gasteiger partial charge in [-0.2, -0.15) is 0 Å². The molecular weight excluding hydrogens is 783 g/mol. The van der Waals surface area contributed by atoms with Crippen molar-refractivity contribution >= 4 is 65.1 Å². The summed E-state index contributed by atoms with van der Waals surface area (Å²) >= 11 is 0. The van der Waals surface area contributed by atoms with Crippen molar-refractivity contribution in [2.45, 2.75) is 79.1 Å². The van der Waals surface area contributed by atoms with Crippen LogP contribution in [0.25, 0.3) is 93.1 Å². The lowest BCUT2D eigenvalue weighted by atomic mass is 9.73. The Morgan fingerprint density at radius 3 is 1.77 bits per heavy atom. The third-order valence-electron chi connectivity index (χ3n) is 14.8. The summed E-state index contributed by atoms with van der Waals surface area (Å²) in [5.41, 5.74) is 21.3. The number of aryl methyl sites for hydroxylation is 1. The normalized spacial score (nSPS) is 13.9. The Hall–Kier alpha value is -6.96. The van der Waals surface area contributed by atoms with Crippen LogP contribution in [0.5, 0.6) is 0 Å². The van der Waals surface area contributed by atoms with Gasteiger partial charge in [0.25, 0.3) is 0 Å². The van der Waals surface area contributed by atoms with Crippen LogP contribution in [0, 0.1) is 13.8 Å². The first-order valence-electron chi connectivity index (χ1n) is 23.5. The van der Waals surface area contributed by atoms with Gasteiger partial charge in [-0.1, -0.05) is 181 Å². The fourth-order valence-electron chi connectivity index (χ4n) is 12.0. The highest BCUT2D eigenvalue weighted by Crippen LogP contribution is 2.50. The van der Waals surface area contributed by atoms with Gasteiger partial charge < -0.3 is 4.57 Å². The molecule has 0 saturated carbocycles. The van der Waals surface area contributed by atoms with Gasteiger partial charge in [-0.05, 0) is 177 Å². The fourth-order valence-corrected chi connectivity index (χ4v) is 12.0. The van der Waals surface area contributed by atoms with Crippen LogP contribution in [0.15, 0.2) is 164 Å². The van der Waals surface area contributed by atoms with E-state index in [0.717, 1.165) is 12.8 Å². The van der Waals surface area contributed by atoms with E-state index in [1.807, 2.05) is 0 Å². The zero-order chi connectivity index (χ0) is 44.5. The molecule has 1 aromatic heterocycles. The maximum atomic E-state index is 2.61. The zero-order valence-corrected chi connectivity index (χ0v) is 38.9. The summed E-state index contributed by atoms with van der Waals surface area (Å²) in [5, 5.41) is 12.1. The third kappa shape index (κ3) is 5.98. The van der Waals surface area contributed by atoms with Crippen molar-refractivity contribution in [3.8, 4) is 27.9 Å². The molecule has 0 spiro atoms. The maximum Gasteiger partial charge on any atom is 0.0575 e. The van der Waals surface area contributed by atoms with E-state index in [1.165, 1.54) is 138 Å². The van der Waals surface area contributed by atoms with Gasteiger partial charge in [-0.25, -0.2) is 0 Å². The molecule has 12 rings (SSSR count). The number of fused-ring (bicyclic) bond motifs is 5. The van der Waals surface area contributed by atoms with E-state index in [2.05, 4.69) is 224 Å². The molecule has 0 aliphatic heterocycles. The smallest absolute Gasteiger partial charge is 0.0575 e. The molecule has 0 radical (unpaired) electrons. The quantitative estimate of drug-likeness (QED) is 0.156. The summed E-state index contributed by atoms with van der Waals surface area (Å²) in [6.45, 7) is 19.0. The van der Waals surface area contributed by atoms with Crippen molar-refractivity contribution in [3.05, 3.63) is 208 Å². The molecule has 0 fully saturated rings. The molecule has 10 aromatic rings. The van der Waals surface area contributed by atoms with Gasteiger partial charge >= 0.3 is 0 Å². The SMILES string of the molecule is Cc1c(C)n(-c2ccc3c(C(C)(C)C)c4cc(-c5ccccc5)ccc4c(C(C)(C)C)c3c2)c2c3c4c5c(ccc4cc12)C(c1cccc2c(-c4ccccc4)cccc12)=CCC5=CC3. The largest absolute Gasteiger partial charge is 0.313 e. The molecule has 0 unspecified atom stereocenters. The van der Waals surface area contributed by atoms with Gasteiger partial charge in [0, 0.05) is 16.8 Å². The first kappa shape index (κ1) is 39.6. The standard InChI is InChI=1S/C64H55N/c1-38-39(2)65(45-29-34-53-57(37-45)61(64(6,7)8)52-32-27-43(40-17-11-9-12-18-40)35-56(52)60(53)63(3,4)5)62-54-33-26-42-25-30-50(51-31-28-44(36-55(38)62)59(54)58(42)51)49-24-16-22-47-46(21-15-23-48(47)49)41-19-13-10-14-20-41/h9-24,26-32,34-37H,25,33H2,1-8H3. The van der Waals surface area contributed by atoms with Crippen LogP contribution >= 0.6 is 0 Å². The van der Waals surface area contributed by atoms with Gasteiger partial charge in [0.05, 0.1) is 5.52 Å². The summed E-state index contributed by atoms with van der Waals surface area (Å²) in [6.07, 6.45) is 6.88. The highest BCUT2D eigenvalue weighted by atomic mass is 15.0. The number of aromatic nitrogens is 1. The minimum absolute atomic E-state index is 0.0772. The van der Waals surface area contributed by atoms with Crippen LogP contribution in [-0.2, 0) is 17.3 Å². The highest BCUT2D eigenvalue weighted by molar-refractivity contribution is 6.15. The van der Waals surface area contributed by atoms with Crippen molar-refractivity contribution in [2.24, 2.45) is 0 Å². The molecule has 1 heterocycles. The molecule has 0 atom stereocenters. The molecule has 1 heteroatoms. The minimum atomic E-state index is -0.0929. The Morgan fingerprint density at radius 1 is 0.446 bits per heavy atom. The molecule has 316 valence electrons. The summed E-state index contributed by atoms with van der Waals surface area (Å²) < 4.78 is 2.61. The predicted octanol–water partition coefficient (Wildman–Crippen LogP) is 17.6. The number of hydrogen-bond donors (Lipinski definition) is 0. The van der Waals surface area contributed by atoms with E-state index >= 15 is 0 Å². The van der Waals surface area contributed by atoms with Gasteiger partial charge in [-0.3, -0.25) is 0 Å². The Kier molecular flexibility index (Phi) is 8.70. The van der Waals surface area contributed by atoms with E-state index in [9.17, 15) is 0 Å². The molecule has 9 aromatic carbocycles. The van der Waals surface area contributed by atoms with Crippen molar-refractivity contribution < 1.29 is 0 Å². The van der Waals surface area contributed by atoms with E-state index in [-0.39, 0.29) is 10.8 Å². The lowest BCUT2D eigenvalue weighted by Crippen LogP contribution is -2.18. The second-order valence-electron chi connectivity index (χ2n) is 20.8. The maximum absolute atomic E-state index is 2.61. The van der Waals surface area contributed by atoms with Crippen LogP contribution in [0.2, 0.25) is 0 Å². The molecule has 65 heavy (non-hydrogen) atoms. The first-order chi connectivity index (χ1) is 31.4. The van der Waals surface area contributed by atoms with E-state index in [1.54, 1.807) is 0 Å². The number of allylic oxidation sites excluding steroid dienone is 3. The number of hydrogen-bond acceptors (Lipinski definition) is 0. The summed E-state index contributed by atoms with van der Waals surface area (Å²) in [4.78, 5) is 0.